The van der Waals surface area contributed by atoms with Crippen LogP contribution in [-0.2, 0) is 34.5 Å². The Morgan fingerprint density at radius 1 is 0.804 bits per heavy atom. The van der Waals surface area contributed by atoms with Gasteiger partial charge in [0.1, 0.15) is 6.04 Å². The maximum Gasteiger partial charge on any atom is 0.416 e. The van der Waals surface area contributed by atoms with Crippen LogP contribution in [-0.4, -0.2) is 47.5 Å². The van der Waals surface area contributed by atoms with Crippen LogP contribution in [0.15, 0.2) is 66.7 Å². The van der Waals surface area contributed by atoms with E-state index in [0.29, 0.717) is 35.0 Å². The standard InChI is InChI=1S/C35H35F8N2O/c1-2-45-14-12-32(13-15-45,24-6-4-3-5-7-24)20-30(45)33(25-8-9-28(36)29(37)19-25)11-10-31(46)44(22-33)21-23-16-26(34(38,39)40)18-27(17-23)35(41,42)43/h3-9,16-19,30H,2,10-15,20-22H2,1H3/q+1. The van der Waals surface area contributed by atoms with Crippen molar-refractivity contribution in [3.8, 4) is 0 Å². The van der Waals surface area contributed by atoms with Crippen molar-refractivity contribution in [1.29, 1.82) is 0 Å². The van der Waals surface area contributed by atoms with Gasteiger partial charge in [0.05, 0.1) is 36.2 Å². The number of likely N-dealkylation sites (N-methyl/N-ethyl adjacent to an activating group) is 1. The number of nitrogens with zero attached hydrogens (tertiary/aromatic N) is 2. The molecule has 7 rings (SSSR count). The van der Waals surface area contributed by atoms with E-state index in [9.17, 15) is 39.9 Å². The fraction of sp³-hybridized carbons (Fsp3) is 0.457. The van der Waals surface area contributed by atoms with Gasteiger partial charge in [0.2, 0.25) is 5.91 Å². The fourth-order valence-corrected chi connectivity index (χ4v) is 8.62. The monoisotopic (exact) mass is 651 g/mol. The third-order valence-electron chi connectivity index (χ3n) is 11.1. The third-order valence-corrected chi connectivity index (χ3v) is 11.1. The minimum Gasteiger partial charge on any atom is -0.337 e. The Morgan fingerprint density at radius 3 is 2.00 bits per heavy atom. The Morgan fingerprint density at radius 2 is 1.43 bits per heavy atom. The minimum atomic E-state index is -5.03. The van der Waals surface area contributed by atoms with Gasteiger partial charge in [-0.05, 0) is 60.4 Å². The molecule has 2 atom stereocenters. The highest BCUT2D eigenvalue weighted by molar-refractivity contribution is 5.78. The van der Waals surface area contributed by atoms with E-state index in [-0.39, 0.29) is 36.1 Å². The number of fused-ring (bicyclic) bond motifs is 3. The Bertz CT molecular complexity index is 1580. The number of quaternary nitrogens is 1. The van der Waals surface area contributed by atoms with E-state index in [2.05, 4.69) is 19.1 Å². The second-order valence-corrected chi connectivity index (χ2v) is 13.3. The lowest BCUT2D eigenvalue weighted by Crippen LogP contribution is -2.75. The lowest BCUT2D eigenvalue weighted by Gasteiger charge is -2.64. The molecule has 0 spiro atoms. The molecule has 0 N–H and O–H groups in total. The van der Waals surface area contributed by atoms with E-state index in [4.69, 9.17) is 0 Å². The van der Waals surface area contributed by atoms with Crippen LogP contribution in [0.2, 0.25) is 0 Å². The van der Waals surface area contributed by atoms with Crippen molar-refractivity contribution >= 4 is 5.91 Å². The van der Waals surface area contributed by atoms with Crippen LogP contribution in [0, 0.1) is 11.6 Å². The molecule has 4 heterocycles. The molecule has 246 valence electrons. The van der Waals surface area contributed by atoms with Crippen molar-refractivity contribution in [2.45, 2.75) is 74.8 Å². The zero-order valence-electron chi connectivity index (χ0n) is 25.3. The zero-order chi connectivity index (χ0) is 33.1. The minimum absolute atomic E-state index is 0.0391. The summed E-state index contributed by atoms with van der Waals surface area (Å²) in [4.78, 5) is 14.7. The summed E-state index contributed by atoms with van der Waals surface area (Å²) < 4.78 is 112. The molecule has 2 unspecified atom stereocenters. The molecule has 2 bridgehead atoms. The molecule has 3 aromatic rings. The van der Waals surface area contributed by atoms with E-state index in [1.165, 1.54) is 16.5 Å². The summed E-state index contributed by atoms with van der Waals surface area (Å²) in [6.45, 7) is 3.93. The molecule has 0 aromatic heterocycles. The van der Waals surface area contributed by atoms with Crippen LogP contribution in [0.25, 0.3) is 0 Å². The van der Waals surface area contributed by atoms with Crippen LogP contribution >= 0.6 is 0 Å². The van der Waals surface area contributed by atoms with Crippen molar-refractivity contribution in [1.82, 2.24) is 4.90 Å². The molecular weight excluding hydrogens is 616 g/mol. The van der Waals surface area contributed by atoms with Gasteiger partial charge in [-0.1, -0.05) is 36.4 Å². The molecule has 46 heavy (non-hydrogen) atoms. The second-order valence-electron chi connectivity index (χ2n) is 13.3. The molecule has 3 aromatic carbocycles. The van der Waals surface area contributed by atoms with Crippen molar-refractivity contribution in [3.05, 3.63) is 106 Å². The number of hydrogen-bond donors (Lipinski definition) is 0. The van der Waals surface area contributed by atoms with Crippen LogP contribution in [0.3, 0.4) is 0 Å². The van der Waals surface area contributed by atoms with Gasteiger partial charge in [-0.25, -0.2) is 8.78 Å². The van der Waals surface area contributed by atoms with Gasteiger partial charge in [-0.15, -0.1) is 0 Å². The average molecular weight is 652 g/mol. The van der Waals surface area contributed by atoms with Gasteiger partial charge >= 0.3 is 12.4 Å². The molecule has 11 heteroatoms. The Hall–Kier alpha value is -3.47. The predicted octanol–water partition coefficient (Wildman–Crippen LogP) is 8.40. The van der Waals surface area contributed by atoms with Gasteiger partial charge < -0.3 is 9.38 Å². The molecule has 3 nitrogen and oxygen atoms in total. The van der Waals surface area contributed by atoms with Crippen molar-refractivity contribution in [3.63, 3.8) is 0 Å². The largest absolute Gasteiger partial charge is 0.416 e. The van der Waals surface area contributed by atoms with Gasteiger partial charge in [-0.2, -0.15) is 26.3 Å². The number of likely N-dealkylation sites (tertiary alicyclic amines) is 1. The van der Waals surface area contributed by atoms with Gasteiger partial charge in [-0.3, -0.25) is 4.79 Å². The summed E-state index contributed by atoms with van der Waals surface area (Å²) in [5.41, 5.74) is -2.68. The zero-order valence-corrected chi connectivity index (χ0v) is 25.3. The van der Waals surface area contributed by atoms with Crippen molar-refractivity contribution in [2.75, 3.05) is 26.2 Å². The van der Waals surface area contributed by atoms with E-state index in [1.807, 2.05) is 18.2 Å². The number of hydrogen-bond acceptors (Lipinski definition) is 1. The molecule has 4 aliphatic heterocycles. The molecule has 4 saturated heterocycles. The van der Waals surface area contributed by atoms with Gasteiger partial charge in [0, 0.05) is 44.2 Å². The summed E-state index contributed by atoms with van der Waals surface area (Å²) >= 11 is 0. The summed E-state index contributed by atoms with van der Waals surface area (Å²) in [6.07, 6.45) is -7.29. The number of rotatable bonds is 6. The molecule has 4 fully saturated rings. The quantitative estimate of drug-likeness (QED) is 0.194. The number of alkyl halides is 6. The first-order valence-corrected chi connectivity index (χ1v) is 15.5. The van der Waals surface area contributed by atoms with Crippen LogP contribution in [0.1, 0.15) is 66.8 Å². The van der Waals surface area contributed by atoms with E-state index < -0.39 is 53.0 Å². The highest BCUT2D eigenvalue weighted by Crippen LogP contribution is 2.56. The number of piperidine rings is 4. The molecule has 0 saturated carbocycles. The number of halogens is 8. The number of carbonyl (C=O) groups excluding carboxylic acids is 1. The Balaban J connectivity index is 1.46. The lowest BCUT2D eigenvalue weighted by atomic mass is 9.55. The maximum atomic E-state index is 14.9. The highest BCUT2D eigenvalue weighted by atomic mass is 19.4. The molecule has 0 aliphatic carbocycles. The Labute approximate surface area is 262 Å². The molecule has 0 radical (unpaired) electrons. The highest BCUT2D eigenvalue weighted by Gasteiger charge is 2.63. The predicted molar refractivity (Wildman–Crippen MR) is 155 cm³/mol. The van der Waals surface area contributed by atoms with Crippen LogP contribution in [0.5, 0.6) is 0 Å². The van der Waals surface area contributed by atoms with Crippen LogP contribution < -0.4 is 0 Å². The first kappa shape index (κ1) is 32.5. The maximum absolute atomic E-state index is 14.9. The van der Waals surface area contributed by atoms with Crippen molar-refractivity contribution in [2.24, 2.45) is 0 Å². The second kappa shape index (κ2) is 11.3. The molecular formula is C35H35F8N2O+. The first-order valence-electron chi connectivity index (χ1n) is 15.5. The summed E-state index contributed by atoms with van der Waals surface area (Å²) in [6, 6.07) is 15.0. The van der Waals surface area contributed by atoms with E-state index in [1.54, 1.807) is 0 Å². The Kier molecular flexibility index (Phi) is 8.01. The number of amides is 1. The van der Waals surface area contributed by atoms with Crippen LogP contribution in [0.4, 0.5) is 35.1 Å². The number of benzene rings is 3. The van der Waals surface area contributed by atoms with E-state index in [0.717, 1.165) is 44.6 Å². The normalized spacial score (nSPS) is 28.5. The SMILES string of the molecule is CC[N+]12CCC(c3ccccc3)(CC1)CC2C1(c2ccc(F)c(F)c2)CCC(=O)N(Cc2cc(C(F)(F)F)cc(C(F)(F)F)c2)C1. The fourth-order valence-electron chi connectivity index (χ4n) is 8.62. The first-order chi connectivity index (χ1) is 21.6. The smallest absolute Gasteiger partial charge is 0.337 e. The summed E-state index contributed by atoms with van der Waals surface area (Å²) in [5, 5.41) is 0. The van der Waals surface area contributed by atoms with E-state index >= 15 is 0 Å². The average Bonchev–Trinajstić information content (AvgIpc) is 3.03. The molecule has 4 aliphatic rings. The van der Waals surface area contributed by atoms with Crippen molar-refractivity contribution < 1.29 is 44.4 Å². The summed E-state index contributed by atoms with van der Waals surface area (Å²) in [7, 11) is 0. The number of carbonyl (C=O) groups is 1. The summed E-state index contributed by atoms with van der Waals surface area (Å²) in [5.74, 6) is -2.50. The van der Waals surface area contributed by atoms with Gasteiger partial charge in [0.25, 0.3) is 0 Å². The lowest BCUT2D eigenvalue weighted by molar-refractivity contribution is -0.970. The third kappa shape index (κ3) is 5.58. The van der Waals surface area contributed by atoms with Gasteiger partial charge in [0.15, 0.2) is 11.6 Å². The topological polar surface area (TPSA) is 20.3 Å². The molecule has 1 amide bonds.